The van der Waals surface area contributed by atoms with Gasteiger partial charge < -0.3 is 20.1 Å². The maximum Gasteiger partial charge on any atom is 0.339 e. The van der Waals surface area contributed by atoms with Crippen molar-refractivity contribution in [1.82, 2.24) is 10.3 Å². The number of ether oxygens (including phenoxy) is 2. The van der Waals surface area contributed by atoms with Crippen LogP contribution in [0.3, 0.4) is 0 Å². The van der Waals surface area contributed by atoms with Crippen molar-refractivity contribution >= 4 is 11.8 Å². The van der Waals surface area contributed by atoms with Gasteiger partial charge in [-0.15, -0.1) is 0 Å². The lowest BCUT2D eigenvalue weighted by Crippen LogP contribution is -2.33. The van der Waals surface area contributed by atoms with Gasteiger partial charge in [0.05, 0.1) is 24.3 Å². The van der Waals surface area contributed by atoms with Gasteiger partial charge in [-0.05, 0) is 19.1 Å². The Labute approximate surface area is 112 Å². The van der Waals surface area contributed by atoms with Gasteiger partial charge in [-0.2, -0.15) is 0 Å². The molecule has 1 unspecified atom stereocenters. The average molecular weight is 265 g/mol. The Morgan fingerprint density at radius 2 is 2.37 bits per heavy atom. The van der Waals surface area contributed by atoms with Crippen LogP contribution < -0.4 is 10.6 Å². The number of anilines is 1. The van der Waals surface area contributed by atoms with E-state index >= 15 is 0 Å². The molecule has 2 atom stereocenters. The number of nitrogens with one attached hydrogen (secondary N) is 2. The third-order valence-corrected chi connectivity index (χ3v) is 3.07. The predicted molar refractivity (Wildman–Crippen MR) is 71.3 cm³/mol. The van der Waals surface area contributed by atoms with Crippen molar-refractivity contribution in [3.63, 3.8) is 0 Å². The predicted octanol–water partition coefficient (Wildman–Crippen LogP) is 0.657. The number of pyridine rings is 1. The highest BCUT2D eigenvalue weighted by molar-refractivity contribution is 5.89. The normalized spacial score (nSPS) is 22.2. The van der Waals surface area contributed by atoms with Crippen LogP contribution in [0.2, 0.25) is 0 Å². The van der Waals surface area contributed by atoms with Crippen LogP contribution in [0.1, 0.15) is 17.3 Å². The van der Waals surface area contributed by atoms with Gasteiger partial charge >= 0.3 is 5.97 Å². The molecule has 0 bridgehead atoms. The number of carbonyl (C=O) groups is 1. The molecule has 1 saturated heterocycles. The Morgan fingerprint density at radius 1 is 1.53 bits per heavy atom. The van der Waals surface area contributed by atoms with Crippen LogP contribution >= 0.6 is 0 Å². The molecule has 1 aliphatic rings. The fourth-order valence-corrected chi connectivity index (χ4v) is 2.05. The van der Waals surface area contributed by atoms with Crippen LogP contribution in [-0.2, 0) is 9.47 Å². The van der Waals surface area contributed by atoms with E-state index in [2.05, 4.69) is 15.6 Å². The summed E-state index contributed by atoms with van der Waals surface area (Å²) in [5, 5.41) is 6.54. The number of rotatable bonds is 5. The van der Waals surface area contributed by atoms with Gasteiger partial charge in [-0.1, -0.05) is 0 Å². The molecular formula is C13H19N3O3. The molecule has 0 aliphatic carbocycles. The van der Waals surface area contributed by atoms with Crippen LogP contribution in [0, 0.1) is 0 Å². The van der Waals surface area contributed by atoms with Gasteiger partial charge in [0.25, 0.3) is 0 Å². The quantitative estimate of drug-likeness (QED) is 0.762. The first-order valence-corrected chi connectivity index (χ1v) is 6.37. The van der Waals surface area contributed by atoms with Gasteiger partial charge in [0.15, 0.2) is 0 Å². The molecule has 1 fully saturated rings. The molecule has 19 heavy (non-hydrogen) atoms. The van der Waals surface area contributed by atoms with Crippen LogP contribution in [-0.4, -0.2) is 49.9 Å². The zero-order chi connectivity index (χ0) is 13.7. The number of hydrogen-bond acceptors (Lipinski definition) is 6. The second-order valence-corrected chi connectivity index (χ2v) is 4.34. The topological polar surface area (TPSA) is 72.5 Å². The summed E-state index contributed by atoms with van der Waals surface area (Å²) in [6.07, 6.45) is 1.65. The summed E-state index contributed by atoms with van der Waals surface area (Å²) in [5.41, 5.74) is 0.459. The zero-order valence-electron chi connectivity index (χ0n) is 11.2. The lowest BCUT2D eigenvalue weighted by molar-refractivity contribution is 0.0526. The number of carbonyl (C=O) groups excluding carboxylic acids is 1. The molecule has 0 spiro atoms. The SMILES string of the molecule is CCOC(=O)c1ccc(NC2CNC[C@@H]2OC)nc1. The highest BCUT2D eigenvalue weighted by atomic mass is 16.5. The fraction of sp³-hybridized carbons (Fsp3) is 0.538. The first-order chi connectivity index (χ1) is 9.24. The van der Waals surface area contributed by atoms with Crippen molar-refractivity contribution in [2.24, 2.45) is 0 Å². The summed E-state index contributed by atoms with van der Waals surface area (Å²) in [4.78, 5) is 15.7. The van der Waals surface area contributed by atoms with Crippen molar-refractivity contribution in [2.75, 3.05) is 32.1 Å². The molecule has 0 aromatic carbocycles. The second-order valence-electron chi connectivity index (χ2n) is 4.34. The number of methoxy groups -OCH3 is 1. The maximum absolute atomic E-state index is 11.5. The Bertz CT molecular complexity index is 422. The Balaban J connectivity index is 1.97. The lowest BCUT2D eigenvalue weighted by Gasteiger charge is -2.19. The van der Waals surface area contributed by atoms with Crippen molar-refractivity contribution < 1.29 is 14.3 Å². The molecule has 0 saturated carbocycles. The third-order valence-electron chi connectivity index (χ3n) is 3.07. The summed E-state index contributed by atoms with van der Waals surface area (Å²) >= 11 is 0. The maximum atomic E-state index is 11.5. The smallest absolute Gasteiger partial charge is 0.339 e. The van der Waals surface area contributed by atoms with Crippen LogP contribution in [0.4, 0.5) is 5.82 Å². The Kier molecular flexibility index (Phi) is 4.70. The zero-order valence-corrected chi connectivity index (χ0v) is 11.2. The van der Waals surface area contributed by atoms with Crippen LogP contribution in [0.25, 0.3) is 0 Å². The number of esters is 1. The fourth-order valence-electron chi connectivity index (χ4n) is 2.05. The summed E-state index contributed by atoms with van der Waals surface area (Å²) in [5.74, 6) is 0.377. The minimum Gasteiger partial charge on any atom is -0.462 e. The van der Waals surface area contributed by atoms with Crippen LogP contribution in [0.5, 0.6) is 0 Å². The third kappa shape index (κ3) is 3.42. The highest BCUT2D eigenvalue weighted by Gasteiger charge is 2.26. The van der Waals surface area contributed by atoms with E-state index in [0.29, 0.717) is 12.2 Å². The molecule has 104 valence electrons. The largest absolute Gasteiger partial charge is 0.462 e. The van der Waals surface area contributed by atoms with E-state index in [4.69, 9.17) is 9.47 Å². The molecule has 6 nitrogen and oxygen atoms in total. The van der Waals surface area contributed by atoms with E-state index in [-0.39, 0.29) is 18.1 Å². The lowest BCUT2D eigenvalue weighted by atomic mass is 10.2. The molecule has 2 heterocycles. The Hall–Kier alpha value is -1.66. The number of hydrogen-bond donors (Lipinski definition) is 2. The summed E-state index contributed by atoms with van der Waals surface area (Å²) in [6.45, 7) is 3.80. The van der Waals surface area contributed by atoms with Gasteiger partial charge in [-0.3, -0.25) is 0 Å². The molecule has 1 aliphatic heterocycles. The molecule has 2 N–H and O–H groups in total. The number of nitrogens with zero attached hydrogens (tertiary/aromatic N) is 1. The van der Waals surface area contributed by atoms with Crippen molar-refractivity contribution in [1.29, 1.82) is 0 Å². The first kappa shape index (κ1) is 13.8. The van der Waals surface area contributed by atoms with Crippen molar-refractivity contribution in [2.45, 2.75) is 19.1 Å². The van der Waals surface area contributed by atoms with Gasteiger partial charge in [0.2, 0.25) is 0 Å². The molecule has 1 aromatic rings. The molecular weight excluding hydrogens is 246 g/mol. The van der Waals surface area contributed by atoms with Gasteiger partial charge in [0.1, 0.15) is 5.82 Å². The second kappa shape index (κ2) is 6.49. The van der Waals surface area contributed by atoms with E-state index < -0.39 is 0 Å². The van der Waals surface area contributed by atoms with E-state index in [1.165, 1.54) is 6.20 Å². The van der Waals surface area contributed by atoms with E-state index in [0.717, 1.165) is 18.9 Å². The minimum absolute atomic E-state index is 0.131. The van der Waals surface area contributed by atoms with E-state index in [9.17, 15) is 4.79 Å². The van der Waals surface area contributed by atoms with Crippen molar-refractivity contribution in [3.05, 3.63) is 23.9 Å². The molecule has 1 aromatic heterocycles. The van der Waals surface area contributed by atoms with E-state index in [1.54, 1.807) is 26.2 Å². The average Bonchev–Trinajstić information content (AvgIpc) is 2.87. The highest BCUT2D eigenvalue weighted by Crippen LogP contribution is 2.12. The molecule has 6 heteroatoms. The summed E-state index contributed by atoms with van der Waals surface area (Å²) in [7, 11) is 1.70. The van der Waals surface area contributed by atoms with Crippen molar-refractivity contribution in [3.8, 4) is 0 Å². The monoisotopic (exact) mass is 265 g/mol. The van der Waals surface area contributed by atoms with Gasteiger partial charge in [0, 0.05) is 26.4 Å². The Morgan fingerprint density at radius 3 is 3.00 bits per heavy atom. The molecule has 0 amide bonds. The minimum atomic E-state index is -0.348. The molecule has 2 rings (SSSR count). The standard InChI is InChI=1S/C13H19N3O3/c1-3-19-13(17)9-4-5-12(15-6-9)16-10-7-14-8-11(10)18-2/h4-6,10-11,14H,3,7-8H2,1-2H3,(H,15,16)/t10?,11-/m0/s1. The summed E-state index contributed by atoms with van der Waals surface area (Å²) in [6, 6.07) is 3.67. The van der Waals surface area contributed by atoms with Gasteiger partial charge in [-0.25, -0.2) is 9.78 Å². The first-order valence-electron chi connectivity index (χ1n) is 6.37. The molecule has 0 radical (unpaired) electrons. The summed E-state index contributed by atoms with van der Waals surface area (Å²) < 4.78 is 10.3. The van der Waals surface area contributed by atoms with Crippen LogP contribution in [0.15, 0.2) is 18.3 Å². The number of aromatic nitrogens is 1. The van der Waals surface area contributed by atoms with E-state index in [1.807, 2.05) is 0 Å².